The van der Waals surface area contributed by atoms with E-state index in [1.807, 2.05) is 6.07 Å². The van der Waals surface area contributed by atoms with Crippen LogP contribution in [0.3, 0.4) is 0 Å². The lowest BCUT2D eigenvalue weighted by molar-refractivity contribution is 0.477. The molecule has 2 rings (SSSR count). The third-order valence-electron chi connectivity index (χ3n) is 2.76. The standard InChI is InChI=1S/C11H11ClN2O2S/c12-11-7-10(4-3-9(11)8-13)17(15,16)14-5-1-2-6-14/h3-4,7H,1-2,5-6H2. The molecule has 0 aromatic heterocycles. The minimum Gasteiger partial charge on any atom is -0.207 e. The number of sulfonamides is 1. The fourth-order valence-corrected chi connectivity index (χ4v) is 3.66. The molecule has 1 saturated heterocycles. The zero-order chi connectivity index (χ0) is 12.5. The van der Waals surface area contributed by atoms with Gasteiger partial charge in [-0.1, -0.05) is 11.6 Å². The van der Waals surface area contributed by atoms with E-state index in [1.165, 1.54) is 22.5 Å². The highest BCUT2D eigenvalue weighted by Crippen LogP contribution is 2.25. The van der Waals surface area contributed by atoms with Crippen molar-refractivity contribution < 1.29 is 8.42 Å². The van der Waals surface area contributed by atoms with Gasteiger partial charge in [0.25, 0.3) is 0 Å². The SMILES string of the molecule is N#Cc1ccc(S(=O)(=O)N2CCCC2)cc1Cl. The number of hydrogen-bond acceptors (Lipinski definition) is 3. The molecular formula is C11H11ClN2O2S. The van der Waals surface area contributed by atoms with Crippen LogP contribution < -0.4 is 0 Å². The molecule has 1 aromatic rings. The molecule has 1 aliphatic rings. The molecule has 17 heavy (non-hydrogen) atoms. The normalized spacial score (nSPS) is 16.9. The molecule has 0 spiro atoms. The summed E-state index contributed by atoms with van der Waals surface area (Å²) in [6.45, 7) is 1.11. The van der Waals surface area contributed by atoms with E-state index in [0.29, 0.717) is 13.1 Å². The molecule has 0 atom stereocenters. The Labute approximate surface area is 105 Å². The summed E-state index contributed by atoms with van der Waals surface area (Å²) in [5, 5.41) is 8.90. The van der Waals surface area contributed by atoms with Gasteiger partial charge >= 0.3 is 0 Å². The number of benzene rings is 1. The van der Waals surface area contributed by atoms with Crippen LogP contribution >= 0.6 is 11.6 Å². The minimum atomic E-state index is -3.45. The Morgan fingerprint density at radius 1 is 1.29 bits per heavy atom. The number of halogens is 1. The Morgan fingerprint density at radius 3 is 2.47 bits per heavy atom. The monoisotopic (exact) mass is 270 g/mol. The van der Waals surface area contributed by atoms with Crippen LogP contribution in [0.5, 0.6) is 0 Å². The van der Waals surface area contributed by atoms with Gasteiger partial charge < -0.3 is 0 Å². The number of nitrogens with zero attached hydrogens (tertiary/aromatic N) is 2. The molecule has 6 heteroatoms. The van der Waals surface area contributed by atoms with Crippen molar-refractivity contribution in [3.8, 4) is 6.07 Å². The van der Waals surface area contributed by atoms with Crippen molar-refractivity contribution >= 4 is 21.6 Å². The van der Waals surface area contributed by atoms with E-state index < -0.39 is 10.0 Å². The third-order valence-corrected chi connectivity index (χ3v) is 4.97. The Hall–Kier alpha value is -1.09. The second-order valence-electron chi connectivity index (χ2n) is 3.86. The molecule has 0 bridgehead atoms. The highest BCUT2D eigenvalue weighted by molar-refractivity contribution is 7.89. The topological polar surface area (TPSA) is 61.2 Å². The molecular weight excluding hydrogens is 260 g/mol. The highest BCUT2D eigenvalue weighted by atomic mass is 35.5. The lowest BCUT2D eigenvalue weighted by Crippen LogP contribution is -2.27. The fourth-order valence-electron chi connectivity index (χ4n) is 1.82. The van der Waals surface area contributed by atoms with Gasteiger partial charge in [-0.05, 0) is 31.0 Å². The molecule has 0 amide bonds. The first kappa shape index (κ1) is 12.4. The summed E-state index contributed by atoms with van der Waals surface area (Å²) in [6.07, 6.45) is 1.78. The second kappa shape index (κ2) is 4.65. The largest absolute Gasteiger partial charge is 0.243 e. The van der Waals surface area contributed by atoms with E-state index in [2.05, 4.69) is 0 Å². The highest BCUT2D eigenvalue weighted by Gasteiger charge is 2.27. The van der Waals surface area contributed by atoms with Crippen LogP contribution in [0.15, 0.2) is 23.1 Å². The van der Waals surface area contributed by atoms with Crippen molar-refractivity contribution in [2.24, 2.45) is 0 Å². The van der Waals surface area contributed by atoms with Crippen LogP contribution in [0.4, 0.5) is 0 Å². The molecule has 90 valence electrons. The Morgan fingerprint density at radius 2 is 1.94 bits per heavy atom. The van der Waals surface area contributed by atoms with Gasteiger partial charge in [0.1, 0.15) is 6.07 Å². The van der Waals surface area contributed by atoms with Gasteiger partial charge in [0.15, 0.2) is 0 Å². The molecule has 1 fully saturated rings. The minimum absolute atomic E-state index is 0.156. The van der Waals surface area contributed by atoms with E-state index >= 15 is 0 Å². The van der Waals surface area contributed by atoms with Crippen LogP contribution in [-0.4, -0.2) is 25.8 Å². The molecule has 4 nitrogen and oxygen atoms in total. The molecule has 0 unspecified atom stereocenters. The van der Waals surface area contributed by atoms with Gasteiger partial charge in [-0.3, -0.25) is 0 Å². The first-order valence-electron chi connectivity index (χ1n) is 5.25. The van der Waals surface area contributed by atoms with Crippen molar-refractivity contribution in [1.29, 1.82) is 5.26 Å². The molecule has 0 radical (unpaired) electrons. The van der Waals surface area contributed by atoms with Crippen molar-refractivity contribution in [3.05, 3.63) is 28.8 Å². The van der Waals surface area contributed by atoms with Crippen LogP contribution in [0.2, 0.25) is 5.02 Å². The van der Waals surface area contributed by atoms with Crippen LogP contribution in [0, 0.1) is 11.3 Å². The maximum Gasteiger partial charge on any atom is 0.243 e. The van der Waals surface area contributed by atoms with E-state index in [1.54, 1.807) is 0 Å². The summed E-state index contributed by atoms with van der Waals surface area (Å²) in [6, 6.07) is 6.11. The van der Waals surface area contributed by atoms with Gasteiger partial charge in [0.05, 0.1) is 15.5 Å². The van der Waals surface area contributed by atoms with Gasteiger partial charge in [-0.15, -0.1) is 0 Å². The molecule has 0 N–H and O–H groups in total. The average Bonchev–Trinajstić information content (AvgIpc) is 2.83. The van der Waals surface area contributed by atoms with E-state index in [0.717, 1.165) is 12.8 Å². The van der Waals surface area contributed by atoms with Crippen LogP contribution in [-0.2, 0) is 10.0 Å². The fraction of sp³-hybridized carbons (Fsp3) is 0.364. The molecule has 1 aromatic carbocycles. The maximum atomic E-state index is 12.2. The zero-order valence-corrected chi connectivity index (χ0v) is 10.6. The number of rotatable bonds is 2. The molecule has 0 saturated carbocycles. The van der Waals surface area contributed by atoms with Crippen molar-refractivity contribution in [3.63, 3.8) is 0 Å². The van der Waals surface area contributed by atoms with Crippen molar-refractivity contribution in [2.75, 3.05) is 13.1 Å². The first-order valence-corrected chi connectivity index (χ1v) is 7.07. The zero-order valence-electron chi connectivity index (χ0n) is 9.06. The quantitative estimate of drug-likeness (QED) is 0.826. The number of hydrogen-bond donors (Lipinski definition) is 0. The summed E-state index contributed by atoms with van der Waals surface area (Å²) >= 11 is 5.84. The van der Waals surface area contributed by atoms with Crippen LogP contribution in [0.25, 0.3) is 0 Å². The summed E-state index contributed by atoms with van der Waals surface area (Å²) in [4.78, 5) is 0.156. The molecule has 1 heterocycles. The molecule has 0 aliphatic carbocycles. The Balaban J connectivity index is 2.40. The average molecular weight is 271 g/mol. The third kappa shape index (κ3) is 2.29. The Bertz CT molecular complexity index is 572. The smallest absolute Gasteiger partial charge is 0.207 e. The van der Waals surface area contributed by atoms with Crippen molar-refractivity contribution in [1.82, 2.24) is 4.31 Å². The van der Waals surface area contributed by atoms with E-state index in [4.69, 9.17) is 16.9 Å². The number of nitriles is 1. The van der Waals surface area contributed by atoms with Gasteiger partial charge in [0.2, 0.25) is 10.0 Å². The maximum absolute atomic E-state index is 12.2. The molecule has 1 aliphatic heterocycles. The van der Waals surface area contributed by atoms with Gasteiger partial charge in [0, 0.05) is 13.1 Å². The van der Waals surface area contributed by atoms with Gasteiger partial charge in [-0.2, -0.15) is 9.57 Å². The van der Waals surface area contributed by atoms with Crippen LogP contribution in [0.1, 0.15) is 18.4 Å². The predicted octanol–water partition coefficient (Wildman–Crippen LogP) is 2.00. The predicted molar refractivity (Wildman–Crippen MR) is 64.2 cm³/mol. The lowest BCUT2D eigenvalue weighted by atomic mass is 10.2. The summed E-state index contributed by atoms with van der Waals surface area (Å²) < 4.78 is 25.8. The summed E-state index contributed by atoms with van der Waals surface area (Å²) in [5.74, 6) is 0. The summed E-state index contributed by atoms with van der Waals surface area (Å²) in [5.41, 5.74) is 0.284. The van der Waals surface area contributed by atoms with Crippen molar-refractivity contribution in [2.45, 2.75) is 17.7 Å². The summed E-state index contributed by atoms with van der Waals surface area (Å²) in [7, 11) is -3.45. The first-order chi connectivity index (χ1) is 8.05. The van der Waals surface area contributed by atoms with E-state index in [9.17, 15) is 8.42 Å². The van der Waals surface area contributed by atoms with Gasteiger partial charge in [-0.25, -0.2) is 8.42 Å². The second-order valence-corrected chi connectivity index (χ2v) is 6.21. The lowest BCUT2D eigenvalue weighted by Gasteiger charge is -2.15. The van der Waals surface area contributed by atoms with E-state index in [-0.39, 0.29) is 15.5 Å². The Kier molecular flexibility index (Phi) is 3.38.